The molecule has 1 heterocycles. The van der Waals surface area contributed by atoms with Crippen LogP contribution in [0.3, 0.4) is 0 Å². The first-order chi connectivity index (χ1) is 12.3. The molecule has 134 valence electrons. The lowest BCUT2D eigenvalue weighted by Crippen LogP contribution is -2.64. The summed E-state index contributed by atoms with van der Waals surface area (Å²) in [6, 6.07) is 20.9. The molecular weight excluding hydrogens is 328 g/mol. The highest BCUT2D eigenvalue weighted by atomic mass is 28.4. The molecule has 3 rings (SSSR count). The van der Waals surface area contributed by atoms with Crippen LogP contribution in [0.25, 0.3) is 0 Å². The van der Waals surface area contributed by atoms with Crippen LogP contribution in [0.4, 0.5) is 0 Å². The number of unbranched alkanes of at least 4 members (excludes halogenated alkanes) is 1. The zero-order valence-electron chi connectivity index (χ0n) is 15.0. The lowest BCUT2D eigenvalue weighted by molar-refractivity contribution is 0.0535. The van der Waals surface area contributed by atoms with Crippen LogP contribution < -0.4 is 10.4 Å². The molecule has 0 aliphatic carbocycles. The van der Waals surface area contributed by atoms with Crippen molar-refractivity contribution in [2.45, 2.75) is 38.7 Å². The second kappa shape index (κ2) is 9.29. The van der Waals surface area contributed by atoms with E-state index in [9.17, 15) is 0 Å². The van der Waals surface area contributed by atoms with E-state index in [0.717, 1.165) is 49.3 Å². The Morgan fingerprint density at radius 2 is 1.60 bits per heavy atom. The average molecular weight is 357 g/mol. The molecule has 0 spiro atoms. The van der Waals surface area contributed by atoms with Crippen LogP contribution in [0.1, 0.15) is 32.6 Å². The molecule has 1 fully saturated rings. The van der Waals surface area contributed by atoms with Crippen LogP contribution in [0.15, 0.2) is 60.7 Å². The Morgan fingerprint density at radius 3 is 2.12 bits per heavy atom. The second-order valence-electron chi connectivity index (χ2n) is 6.50. The van der Waals surface area contributed by atoms with Crippen LogP contribution >= 0.6 is 0 Å². The molecule has 0 saturated carbocycles. The molecular formula is C21H28O3Si. The van der Waals surface area contributed by atoms with Crippen molar-refractivity contribution in [3.05, 3.63) is 60.7 Å². The van der Waals surface area contributed by atoms with Gasteiger partial charge in [0.25, 0.3) is 0 Å². The minimum Gasteiger partial charge on any atom is -0.388 e. The van der Waals surface area contributed by atoms with Crippen LogP contribution in [0, 0.1) is 0 Å². The zero-order chi connectivity index (χ0) is 17.4. The minimum absolute atomic E-state index is 0.189. The van der Waals surface area contributed by atoms with Crippen molar-refractivity contribution < 1.29 is 13.6 Å². The van der Waals surface area contributed by atoms with Gasteiger partial charge < -0.3 is 13.6 Å². The topological polar surface area (TPSA) is 27.7 Å². The quantitative estimate of drug-likeness (QED) is 0.510. The molecule has 1 aliphatic rings. The molecule has 1 aliphatic heterocycles. The molecule has 25 heavy (non-hydrogen) atoms. The van der Waals surface area contributed by atoms with Crippen LogP contribution in [-0.4, -0.2) is 34.5 Å². The molecule has 1 saturated heterocycles. The number of hydrogen-bond donors (Lipinski definition) is 0. The molecule has 2 aromatic carbocycles. The predicted molar refractivity (Wildman–Crippen MR) is 104 cm³/mol. The van der Waals surface area contributed by atoms with Crippen molar-refractivity contribution in [1.82, 2.24) is 0 Å². The van der Waals surface area contributed by atoms with Gasteiger partial charge in [-0.1, -0.05) is 74.0 Å². The zero-order valence-corrected chi connectivity index (χ0v) is 16.0. The Hall–Kier alpha value is -1.46. The second-order valence-corrected chi connectivity index (χ2v) is 9.46. The summed E-state index contributed by atoms with van der Waals surface area (Å²) in [6.07, 6.45) is 4.53. The highest BCUT2D eigenvalue weighted by molar-refractivity contribution is 6.92. The molecule has 3 nitrogen and oxygen atoms in total. The predicted octanol–water partition coefficient (Wildman–Crippen LogP) is 3.26. The maximum absolute atomic E-state index is 6.62. The Morgan fingerprint density at radius 1 is 0.960 bits per heavy atom. The highest BCUT2D eigenvalue weighted by Crippen LogP contribution is 2.17. The van der Waals surface area contributed by atoms with E-state index in [-0.39, 0.29) is 6.10 Å². The Labute approximate surface area is 152 Å². The van der Waals surface area contributed by atoms with Crippen molar-refractivity contribution in [1.29, 1.82) is 0 Å². The lowest BCUT2D eigenvalue weighted by atomic mass is 10.2. The van der Waals surface area contributed by atoms with E-state index in [1.807, 2.05) is 12.1 Å². The smallest absolute Gasteiger partial charge is 0.388 e. The fraction of sp³-hybridized carbons (Fsp3) is 0.429. The summed E-state index contributed by atoms with van der Waals surface area (Å²) in [6.45, 7) is 4.35. The molecule has 1 unspecified atom stereocenters. The minimum atomic E-state index is -2.73. The molecule has 2 aromatic rings. The van der Waals surface area contributed by atoms with Gasteiger partial charge in [0.1, 0.15) is 0 Å². The molecule has 0 bridgehead atoms. The summed E-state index contributed by atoms with van der Waals surface area (Å²) in [4.78, 5) is 0. The van der Waals surface area contributed by atoms with Gasteiger partial charge in [-0.3, -0.25) is 0 Å². The SMILES string of the molecule is CCCCO[Si](OCC1CCCO1)(c1ccccc1)c1ccccc1. The van der Waals surface area contributed by atoms with Gasteiger partial charge in [-0.2, -0.15) is 0 Å². The summed E-state index contributed by atoms with van der Waals surface area (Å²) in [5.41, 5.74) is 0. The Kier molecular flexibility index (Phi) is 6.82. The van der Waals surface area contributed by atoms with Crippen molar-refractivity contribution in [3.8, 4) is 0 Å². The summed E-state index contributed by atoms with van der Waals surface area (Å²) >= 11 is 0. The van der Waals surface area contributed by atoms with Gasteiger partial charge in [-0.25, -0.2) is 0 Å². The number of benzene rings is 2. The number of hydrogen-bond acceptors (Lipinski definition) is 3. The Balaban J connectivity index is 1.93. The maximum atomic E-state index is 6.62. The van der Waals surface area contributed by atoms with E-state index in [1.165, 1.54) is 0 Å². The van der Waals surface area contributed by atoms with Crippen molar-refractivity contribution in [2.24, 2.45) is 0 Å². The third kappa shape index (κ3) is 4.58. The van der Waals surface area contributed by atoms with Crippen molar-refractivity contribution >= 4 is 18.9 Å². The van der Waals surface area contributed by atoms with Crippen molar-refractivity contribution in [3.63, 3.8) is 0 Å². The van der Waals surface area contributed by atoms with Gasteiger partial charge in [0, 0.05) is 13.2 Å². The van der Waals surface area contributed by atoms with E-state index < -0.39 is 8.56 Å². The summed E-state index contributed by atoms with van der Waals surface area (Å²) in [5.74, 6) is 0. The monoisotopic (exact) mass is 356 g/mol. The largest absolute Gasteiger partial charge is 0.407 e. The molecule has 0 N–H and O–H groups in total. The highest BCUT2D eigenvalue weighted by Gasteiger charge is 2.43. The molecule has 0 amide bonds. The van der Waals surface area contributed by atoms with Gasteiger partial charge in [-0.05, 0) is 29.6 Å². The van der Waals surface area contributed by atoms with Crippen LogP contribution in [0.5, 0.6) is 0 Å². The third-order valence-corrected chi connectivity index (χ3v) is 7.98. The van der Waals surface area contributed by atoms with E-state index >= 15 is 0 Å². The number of ether oxygens (including phenoxy) is 1. The standard InChI is InChI=1S/C21H28O3Si/c1-2-3-17-23-25(20-12-6-4-7-13-20,21-14-8-5-9-15-21)24-18-19-11-10-16-22-19/h4-9,12-15,19H,2-3,10-11,16-18H2,1H3. The summed E-state index contributed by atoms with van der Waals surface area (Å²) < 4.78 is 19.0. The van der Waals surface area contributed by atoms with Crippen molar-refractivity contribution in [2.75, 3.05) is 19.8 Å². The summed E-state index contributed by atoms with van der Waals surface area (Å²) in [7, 11) is -2.73. The van der Waals surface area contributed by atoms with Crippen LogP contribution in [0.2, 0.25) is 0 Å². The number of rotatable bonds is 9. The first-order valence-electron chi connectivity index (χ1n) is 9.35. The van der Waals surface area contributed by atoms with E-state index in [1.54, 1.807) is 0 Å². The van der Waals surface area contributed by atoms with Gasteiger partial charge in [0.2, 0.25) is 0 Å². The fourth-order valence-electron chi connectivity index (χ4n) is 3.20. The first kappa shape index (κ1) is 18.3. The first-order valence-corrected chi connectivity index (χ1v) is 11.2. The van der Waals surface area contributed by atoms with E-state index in [0.29, 0.717) is 6.61 Å². The lowest BCUT2D eigenvalue weighted by Gasteiger charge is -2.32. The van der Waals surface area contributed by atoms with Gasteiger partial charge in [-0.15, -0.1) is 0 Å². The van der Waals surface area contributed by atoms with Gasteiger partial charge in [0.05, 0.1) is 12.7 Å². The Bertz CT molecular complexity index is 572. The molecule has 4 heteroatoms. The van der Waals surface area contributed by atoms with Gasteiger partial charge >= 0.3 is 8.56 Å². The maximum Gasteiger partial charge on any atom is 0.407 e. The molecule has 1 atom stereocenters. The molecule has 0 radical (unpaired) electrons. The third-order valence-electron chi connectivity index (χ3n) is 4.61. The van der Waals surface area contributed by atoms with Crippen LogP contribution in [-0.2, 0) is 13.6 Å². The fourth-order valence-corrected chi connectivity index (χ4v) is 6.40. The normalized spacial score (nSPS) is 17.7. The van der Waals surface area contributed by atoms with Gasteiger partial charge in [0.15, 0.2) is 0 Å². The average Bonchev–Trinajstić information content (AvgIpc) is 3.20. The molecule has 0 aromatic heterocycles. The van der Waals surface area contributed by atoms with E-state index in [2.05, 4.69) is 55.5 Å². The van der Waals surface area contributed by atoms with E-state index in [4.69, 9.17) is 13.6 Å². The summed E-state index contributed by atoms with van der Waals surface area (Å²) in [5, 5.41) is 2.32.